The predicted molar refractivity (Wildman–Crippen MR) is 109 cm³/mol. The maximum atomic E-state index is 12.2. The Kier molecular flexibility index (Phi) is 5.76. The molecule has 0 unspecified atom stereocenters. The largest absolute Gasteiger partial charge is 0.272 e. The number of nitrogens with one attached hydrogen (secondary N) is 2. The summed E-state index contributed by atoms with van der Waals surface area (Å²) in [7, 11) is 0. The van der Waals surface area contributed by atoms with E-state index in [0.717, 1.165) is 26.4 Å². The average Bonchev–Trinajstić information content (AvgIpc) is 2.91. The highest BCUT2D eigenvalue weighted by molar-refractivity contribution is 8.00. The van der Waals surface area contributed by atoms with Crippen LogP contribution in [0.4, 0.5) is 0 Å². The number of fused-ring (bicyclic) bond motifs is 1. The second kappa shape index (κ2) is 8.06. The number of hydrogen-bond acceptors (Lipinski definition) is 6. The number of carbonyl (C=O) groups is 2. The van der Waals surface area contributed by atoms with E-state index in [0.29, 0.717) is 11.4 Å². The van der Waals surface area contributed by atoms with Gasteiger partial charge in [0, 0.05) is 15.8 Å². The zero-order valence-electron chi connectivity index (χ0n) is 15.5. The van der Waals surface area contributed by atoms with E-state index in [1.54, 1.807) is 23.5 Å². The fourth-order valence-electron chi connectivity index (χ4n) is 2.61. The van der Waals surface area contributed by atoms with Crippen LogP contribution in [-0.4, -0.2) is 27.5 Å². The summed E-state index contributed by atoms with van der Waals surface area (Å²) in [5, 5.41) is 1.80. The zero-order valence-corrected chi connectivity index (χ0v) is 17.2. The van der Waals surface area contributed by atoms with Crippen LogP contribution in [0, 0.1) is 27.7 Å². The van der Waals surface area contributed by atoms with Crippen molar-refractivity contribution in [1.82, 2.24) is 20.8 Å². The lowest BCUT2D eigenvalue weighted by atomic mass is 10.1. The minimum absolute atomic E-state index is 0.147. The van der Waals surface area contributed by atoms with E-state index in [2.05, 4.69) is 27.7 Å². The van der Waals surface area contributed by atoms with E-state index in [1.807, 2.05) is 32.9 Å². The van der Waals surface area contributed by atoms with Gasteiger partial charge >= 0.3 is 0 Å². The molecule has 2 aromatic heterocycles. The van der Waals surface area contributed by atoms with Crippen molar-refractivity contribution in [2.24, 2.45) is 0 Å². The molecule has 0 aliphatic heterocycles. The van der Waals surface area contributed by atoms with Gasteiger partial charge in [0.2, 0.25) is 5.91 Å². The Hall–Kier alpha value is -2.45. The first-order valence-electron chi connectivity index (χ1n) is 8.38. The molecule has 0 atom stereocenters. The Morgan fingerprint density at radius 3 is 2.56 bits per heavy atom. The summed E-state index contributed by atoms with van der Waals surface area (Å²) >= 11 is 2.97. The number of aryl methyl sites for hydroxylation is 4. The van der Waals surface area contributed by atoms with Gasteiger partial charge in [0.05, 0.1) is 5.75 Å². The Morgan fingerprint density at radius 2 is 1.81 bits per heavy atom. The van der Waals surface area contributed by atoms with Gasteiger partial charge in [0.25, 0.3) is 5.91 Å². The van der Waals surface area contributed by atoms with Crippen LogP contribution in [0.15, 0.2) is 29.3 Å². The first-order chi connectivity index (χ1) is 12.9. The van der Waals surface area contributed by atoms with Crippen LogP contribution in [0.1, 0.15) is 32.2 Å². The number of rotatable bonds is 4. The SMILES string of the molecule is Cc1nc(SCC(=O)NNC(=O)c2ccccc2C)c2c(C)c(C)sc2n1. The first-order valence-corrected chi connectivity index (χ1v) is 10.2. The van der Waals surface area contributed by atoms with Crippen LogP contribution in [0.25, 0.3) is 10.2 Å². The lowest BCUT2D eigenvalue weighted by Crippen LogP contribution is -2.42. The highest BCUT2D eigenvalue weighted by atomic mass is 32.2. The van der Waals surface area contributed by atoms with E-state index in [9.17, 15) is 9.59 Å². The molecule has 1 aromatic carbocycles. The molecule has 0 spiro atoms. The second-order valence-corrected chi connectivity index (χ2v) is 8.31. The number of amides is 2. The van der Waals surface area contributed by atoms with Crippen LogP contribution >= 0.6 is 23.1 Å². The highest BCUT2D eigenvalue weighted by Crippen LogP contribution is 2.34. The van der Waals surface area contributed by atoms with E-state index in [-0.39, 0.29) is 17.6 Å². The van der Waals surface area contributed by atoms with Gasteiger partial charge in [-0.25, -0.2) is 9.97 Å². The summed E-state index contributed by atoms with van der Waals surface area (Å²) in [6, 6.07) is 7.21. The minimum Gasteiger partial charge on any atom is -0.272 e. The number of nitrogens with zero attached hydrogens (tertiary/aromatic N) is 2. The summed E-state index contributed by atoms with van der Waals surface area (Å²) in [6.45, 7) is 7.79. The molecule has 0 aliphatic rings. The topological polar surface area (TPSA) is 84.0 Å². The molecule has 140 valence electrons. The normalized spacial score (nSPS) is 10.8. The Morgan fingerprint density at radius 1 is 1.07 bits per heavy atom. The van der Waals surface area contributed by atoms with Crippen molar-refractivity contribution >= 4 is 45.1 Å². The lowest BCUT2D eigenvalue weighted by molar-refractivity contribution is -0.119. The van der Waals surface area contributed by atoms with Gasteiger partial charge in [0.15, 0.2) is 0 Å². The molecule has 0 fully saturated rings. The summed E-state index contributed by atoms with van der Waals surface area (Å²) in [5.74, 6) is 0.194. The monoisotopic (exact) mass is 400 g/mol. The maximum absolute atomic E-state index is 12.2. The summed E-state index contributed by atoms with van der Waals surface area (Å²) in [6.07, 6.45) is 0. The third-order valence-electron chi connectivity index (χ3n) is 4.15. The van der Waals surface area contributed by atoms with Gasteiger partial charge in [0.1, 0.15) is 15.7 Å². The van der Waals surface area contributed by atoms with E-state index in [4.69, 9.17) is 0 Å². The van der Waals surface area contributed by atoms with Gasteiger partial charge < -0.3 is 0 Å². The van der Waals surface area contributed by atoms with Crippen LogP contribution in [-0.2, 0) is 4.79 Å². The van der Waals surface area contributed by atoms with Gasteiger partial charge in [-0.1, -0.05) is 30.0 Å². The predicted octanol–water partition coefficient (Wildman–Crippen LogP) is 3.48. The Bertz CT molecular complexity index is 1030. The number of benzene rings is 1. The Balaban J connectivity index is 1.64. The third-order valence-corrected chi connectivity index (χ3v) is 6.23. The van der Waals surface area contributed by atoms with Crippen LogP contribution in [0.3, 0.4) is 0 Å². The first kappa shape index (κ1) is 19.3. The molecule has 27 heavy (non-hydrogen) atoms. The van der Waals surface area contributed by atoms with Gasteiger partial charge in [-0.3, -0.25) is 20.4 Å². The molecule has 3 aromatic rings. The highest BCUT2D eigenvalue weighted by Gasteiger charge is 2.15. The molecule has 8 heteroatoms. The van der Waals surface area contributed by atoms with Crippen molar-refractivity contribution in [2.75, 3.05) is 5.75 Å². The van der Waals surface area contributed by atoms with E-state index < -0.39 is 0 Å². The molecular weight excluding hydrogens is 380 g/mol. The van der Waals surface area contributed by atoms with Crippen molar-refractivity contribution in [2.45, 2.75) is 32.7 Å². The summed E-state index contributed by atoms with van der Waals surface area (Å²) < 4.78 is 0. The number of hydrazine groups is 1. The summed E-state index contributed by atoms with van der Waals surface area (Å²) in [5.41, 5.74) is 7.44. The minimum atomic E-state index is -0.337. The van der Waals surface area contributed by atoms with Crippen LogP contribution in [0.2, 0.25) is 0 Å². The summed E-state index contributed by atoms with van der Waals surface area (Å²) in [4.78, 5) is 35.4. The standard InChI is InChI=1S/C19H20N4O2S2/c1-10-7-5-6-8-14(10)17(25)23-22-15(24)9-26-18-16-11(2)12(3)27-19(16)21-13(4)20-18/h5-8H,9H2,1-4H3,(H,22,24)(H,23,25). The molecule has 2 N–H and O–H groups in total. The van der Waals surface area contributed by atoms with Gasteiger partial charge in [-0.2, -0.15) is 0 Å². The van der Waals surface area contributed by atoms with Gasteiger partial charge in [-0.05, 0) is 44.9 Å². The molecule has 0 bridgehead atoms. The fraction of sp³-hybridized carbons (Fsp3) is 0.263. The number of thioether (sulfide) groups is 1. The van der Waals surface area contributed by atoms with E-state index in [1.165, 1.54) is 16.6 Å². The molecule has 6 nitrogen and oxygen atoms in total. The molecule has 0 saturated carbocycles. The smallest absolute Gasteiger partial charge is 0.269 e. The fourth-order valence-corrected chi connectivity index (χ4v) is 4.68. The molecular formula is C19H20N4O2S2. The van der Waals surface area contributed by atoms with Crippen molar-refractivity contribution in [3.63, 3.8) is 0 Å². The molecule has 0 radical (unpaired) electrons. The maximum Gasteiger partial charge on any atom is 0.269 e. The lowest BCUT2D eigenvalue weighted by Gasteiger charge is -2.09. The molecule has 2 amide bonds. The van der Waals surface area contributed by atoms with Crippen molar-refractivity contribution in [1.29, 1.82) is 0 Å². The Labute approximate surface area is 165 Å². The molecule has 0 aliphatic carbocycles. The number of carbonyl (C=O) groups excluding carboxylic acids is 2. The zero-order chi connectivity index (χ0) is 19.6. The van der Waals surface area contributed by atoms with Gasteiger partial charge in [-0.15, -0.1) is 11.3 Å². The van der Waals surface area contributed by atoms with E-state index >= 15 is 0 Å². The van der Waals surface area contributed by atoms with Crippen LogP contribution in [0.5, 0.6) is 0 Å². The second-order valence-electron chi connectivity index (χ2n) is 6.15. The number of aromatic nitrogens is 2. The molecule has 2 heterocycles. The number of thiophene rings is 1. The van der Waals surface area contributed by atoms with Crippen LogP contribution < -0.4 is 10.9 Å². The van der Waals surface area contributed by atoms with Crippen molar-refractivity contribution < 1.29 is 9.59 Å². The van der Waals surface area contributed by atoms with Crippen molar-refractivity contribution in [3.8, 4) is 0 Å². The quantitative estimate of drug-likeness (QED) is 0.398. The number of hydrogen-bond donors (Lipinski definition) is 2. The molecule has 3 rings (SSSR count). The molecule has 0 saturated heterocycles. The van der Waals surface area contributed by atoms with Crippen molar-refractivity contribution in [3.05, 3.63) is 51.7 Å². The average molecular weight is 401 g/mol. The third kappa shape index (κ3) is 4.28.